The van der Waals surface area contributed by atoms with E-state index in [1.165, 1.54) is 6.20 Å². The maximum atomic E-state index is 11.3. The molecule has 0 aliphatic carbocycles. The second kappa shape index (κ2) is 4.93. The van der Waals surface area contributed by atoms with Gasteiger partial charge in [-0.2, -0.15) is 0 Å². The number of H-pyrrole nitrogens is 1. The predicted octanol–water partition coefficient (Wildman–Crippen LogP) is 2.89. The Kier molecular flexibility index (Phi) is 3.56. The maximum absolute atomic E-state index is 11.3. The van der Waals surface area contributed by atoms with Gasteiger partial charge in [-0.1, -0.05) is 28.1 Å². The third kappa shape index (κ3) is 2.80. The molecular weight excluding hydrogens is 336 g/mol. The molecule has 2 aromatic rings. The molecule has 0 unspecified atom stereocenters. The van der Waals surface area contributed by atoms with Crippen molar-refractivity contribution in [2.24, 2.45) is 0 Å². The molecular formula is C11H8Br2N2O. The Morgan fingerprint density at radius 2 is 1.88 bits per heavy atom. The lowest BCUT2D eigenvalue weighted by Gasteiger charge is -2.01. The van der Waals surface area contributed by atoms with Crippen molar-refractivity contribution in [1.82, 2.24) is 9.97 Å². The van der Waals surface area contributed by atoms with Crippen molar-refractivity contribution in [2.75, 3.05) is 0 Å². The molecule has 0 amide bonds. The third-order valence-electron chi connectivity index (χ3n) is 2.09. The molecule has 16 heavy (non-hydrogen) atoms. The van der Waals surface area contributed by atoms with E-state index in [0.29, 0.717) is 16.7 Å². The van der Waals surface area contributed by atoms with E-state index >= 15 is 0 Å². The quantitative estimate of drug-likeness (QED) is 0.911. The molecule has 3 nitrogen and oxygen atoms in total. The number of hydrogen-bond acceptors (Lipinski definition) is 2. The molecule has 0 spiro atoms. The van der Waals surface area contributed by atoms with Crippen LogP contribution in [0.15, 0.2) is 44.2 Å². The first-order valence-electron chi connectivity index (χ1n) is 4.63. The fraction of sp³-hybridized carbons (Fsp3) is 0.0909. The van der Waals surface area contributed by atoms with Gasteiger partial charge in [0.15, 0.2) is 0 Å². The van der Waals surface area contributed by atoms with Crippen LogP contribution in [0.3, 0.4) is 0 Å². The van der Waals surface area contributed by atoms with Gasteiger partial charge >= 0.3 is 0 Å². The van der Waals surface area contributed by atoms with Crippen LogP contribution in [0.5, 0.6) is 0 Å². The van der Waals surface area contributed by atoms with Gasteiger partial charge in [0.1, 0.15) is 10.3 Å². The lowest BCUT2D eigenvalue weighted by atomic mass is 10.1. The van der Waals surface area contributed by atoms with E-state index in [1.807, 2.05) is 24.3 Å². The highest BCUT2D eigenvalue weighted by Gasteiger charge is 2.01. The molecule has 1 heterocycles. The van der Waals surface area contributed by atoms with Crippen molar-refractivity contribution in [3.05, 3.63) is 61.1 Å². The first-order chi connectivity index (χ1) is 7.65. The van der Waals surface area contributed by atoms with E-state index < -0.39 is 0 Å². The summed E-state index contributed by atoms with van der Waals surface area (Å²) in [6, 6.07) is 7.91. The van der Waals surface area contributed by atoms with Crippen molar-refractivity contribution >= 4 is 31.9 Å². The molecule has 0 aliphatic rings. The second-order valence-corrected chi connectivity index (χ2v) is 5.08. The number of rotatable bonds is 2. The molecule has 0 bridgehead atoms. The van der Waals surface area contributed by atoms with Crippen molar-refractivity contribution in [3.63, 3.8) is 0 Å². The topological polar surface area (TPSA) is 45.8 Å². The van der Waals surface area contributed by atoms with Crippen molar-refractivity contribution in [1.29, 1.82) is 0 Å². The van der Waals surface area contributed by atoms with E-state index in [1.54, 1.807) is 0 Å². The zero-order chi connectivity index (χ0) is 11.5. The Hall–Kier alpha value is -0.940. The Labute approximate surface area is 109 Å². The maximum Gasteiger partial charge on any atom is 0.265 e. The normalized spacial score (nSPS) is 10.4. The summed E-state index contributed by atoms with van der Waals surface area (Å²) in [6.07, 6.45) is 2.14. The molecule has 0 saturated heterocycles. The van der Waals surface area contributed by atoms with Gasteiger partial charge in [-0.3, -0.25) is 4.79 Å². The van der Waals surface area contributed by atoms with E-state index in [0.717, 1.165) is 10.0 Å². The first kappa shape index (κ1) is 11.5. The van der Waals surface area contributed by atoms with Crippen LogP contribution in [-0.4, -0.2) is 9.97 Å². The van der Waals surface area contributed by atoms with E-state index in [-0.39, 0.29) is 5.56 Å². The van der Waals surface area contributed by atoms with Gasteiger partial charge in [-0.05, 0) is 33.6 Å². The molecule has 0 aliphatic heterocycles. The largest absolute Gasteiger partial charge is 0.309 e. The van der Waals surface area contributed by atoms with E-state index in [9.17, 15) is 4.79 Å². The van der Waals surface area contributed by atoms with Crippen LogP contribution >= 0.6 is 31.9 Å². The molecule has 0 radical (unpaired) electrons. The second-order valence-electron chi connectivity index (χ2n) is 3.31. The summed E-state index contributed by atoms with van der Waals surface area (Å²) >= 11 is 6.48. The molecule has 0 atom stereocenters. The van der Waals surface area contributed by atoms with Crippen molar-refractivity contribution < 1.29 is 0 Å². The van der Waals surface area contributed by atoms with Crippen LogP contribution in [0, 0.1) is 0 Å². The summed E-state index contributed by atoms with van der Waals surface area (Å²) in [7, 11) is 0. The van der Waals surface area contributed by atoms with Crippen LogP contribution in [0.1, 0.15) is 11.4 Å². The molecule has 1 N–H and O–H groups in total. The van der Waals surface area contributed by atoms with Gasteiger partial charge in [0.2, 0.25) is 0 Å². The number of halogens is 2. The van der Waals surface area contributed by atoms with Crippen LogP contribution < -0.4 is 5.56 Å². The lowest BCUT2D eigenvalue weighted by Crippen LogP contribution is -2.11. The third-order valence-corrected chi connectivity index (χ3v) is 3.19. The van der Waals surface area contributed by atoms with Crippen LogP contribution in [0.2, 0.25) is 0 Å². The smallest absolute Gasteiger partial charge is 0.265 e. The van der Waals surface area contributed by atoms with Gasteiger partial charge in [0, 0.05) is 17.1 Å². The van der Waals surface area contributed by atoms with Crippen LogP contribution in [-0.2, 0) is 6.42 Å². The van der Waals surface area contributed by atoms with Gasteiger partial charge < -0.3 is 4.98 Å². The zero-order valence-corrected chi connectivity index (χ0v) is 11.4. The molecule has 1 aromatic heterocycles. The fourth-order valence-corrected chi connectivity index (χ4v) is 1.77. The number of nitrogens with one attached hydrogen (secondary N) is 1. The Bertz CT molecular complexity index is 549. The lowest BCUT2D eigenvalue weighted by molar-refractivity contribution is 0.937. The number of nitrogens with zero attached hydrogens (tertiary/aromatic N) is 1. The minimum Gasteiger partial charge on any atom is -0.309 e. The van der Waals surface area contributed by atoms with E-state index in [4.69, 9.17) is 0 Å². The standard InChI is InChI=1S/C11H8Br2N2O/c12-8-3-1-7(2-4-8)5-10-14-6-9(13)11(16)15-10/h1-4,6H,5H2,(H,14,15,16). The summed E-state index contributed by atoms with van der Waals surface area (Å²) < 4.78 is 1.49. The Balaban J connectivity index is 2.24. The number of benzene rings is 1. The highest BCUT2D eigenvalue weighted by atomic mass is 79.9. The summed E-state index contributed by atoms with van der Waals surface area (Å²) in [4.78, 5) is 18.2. The summed E-state index contributed by atoms with van der Waals surface area (Å²) in [5, 5.41) is 0. The molecule has 0 fully saturated rings. The minimum absolute atomic E-state index is 0.151. The SMILES string of the molecule is O=c1[nH]c(Cc2ccc(Br)cc2)ncc1Br. The Morgan fingerprint density at radius 3 is 2.50 bits per heavy atom. The fourth-order valence-electron chi connectivity index (χ4n) is 1.30. The average molecular weight is 344 g/mol. The monoisotopic (exact) mass is 342 g/mol. The van der Waals surface area contributed by atoms with Crippen LogP contribution in [0.25, 0.3) is 0 Å². The highest BCUT2D eigenvalue weighted by Crippen LogP contribution is 2.12. The predicted molar refractivity (Wildman–Crippen MR) is 69.5 cm³/mol. The summed E-state index contributed by atoms with van der Waals surface area (Å²) in [6.45, 7) is 0. The zero-order valence-electron chi connectivity index (χ0n) is 8.21. The van der Waals surface area contributed by atoms with Gasteiger partial charge in [-0.25, -0.2) is 4.98 Å². The highest BCUT2D eigenvalue weighted by molar-refractivity contribution is 9.10. The van der Waals surface area contributed by atoms with E-state index in [2.05, 4.69) is 41.8 Å². The number of aromatic nitrogens is 2. The Morgan fingerprint density at radius 1 is 1.19 bits per heavy atom. The summed E-state index contributed by atoms with van der Waals surface area (Å²) in [5.41, 5.74) is 0.954. The number of aromatic amines is 1. The molecule has 2 rings (SSSR count). The van der Waals surface area contributed by atoms with Crippen molar-refractivity contribution in [3.8, 4) is 0 Å². The van der Waals surface area contributed by atoms with Crippen molar-refractivity contribution in [2.45, 2.75) is 6.42 Å². The molecule has 5 heteroatoms. The minimum atomic E-state index is -0.151. The average Bonchev–Trinajstić information content (AvgIpc) is 2.27. The van der Waals surface area contributed by atoms with Gasteiger partial charge in [0.05, 0.1) is 0 Å². The van der Waals surface area contributed by atoms with Gasteiger partial charge in [0.25, 0.3) is 5.56 Å². The molecule has 1 aromatic carbocycles. The van der Waals surface area contributed by atoms with Gasteiger partial charge in [-0.15, -0.1) is 0 Å². The van der Waals surface area contributed by atoms with Crippen LogP contribution in [0.4, 0.5) is 0 Å². The molecule has 82 valence electrons. The number of hydrogen-bond donors (Lipinski definition) is 1. The molecule has 0 saturated carbocycles. The first-order valence-corrected chi connectivity index (χ1v) is 6.22. The summed E-state index contributed by atoms with van der Waals surface area (Å²) in [5.74, 6) is 0.663.